The summed E-state index contributed by atoms with van der Waals surface area (Å²) in [4.78, 5) is 12.2. The number of allylic oxidation sites excluding steroid dienone is 1. The van der Waals surface area contributed by atoms with Gasteiger partial charge in [0, 0.05) is 0 Å². The van der Waals surface area contributed by atoms with E-state index in [1.54, 1.807) is 0 Å². The van der Waals surface area contributed by atoms with E-state index >= 15 is 0 Å². The number of halogens is 3. The summed E-state index contributed by atoms with van der Waals surface area (Å²) in [6, 6.07) is 0. The SMILES string of the molecule is C=CCCC1CCC(C(C)C2CCC(C(F)(F)F)CC2)C(=O)O1. The Balaban J connectivity index is 1.84. The number of carbonyl (C=O) groups excluding carboxylic acids is 1. The summed E-state index contributed by atoms with van der Waals surface area (Å²) in [6.07, 6.45) is 2.54. The van der Waals surface area contributed by atoms with Crippen molar-refractivity contribution in [1.82, 2.24) is 0 Å². The Kier molecular flexibility index (Phi) is 6.15. The Morgan fingerprint density at radius 1 is 1.22 bits per heavy atom. The van der Waals surface area contributed by atoms with Gasteiger partial charge in [0.2, 0.25) is 0 Å². The Morgan fingerprint density at radius 2 is 1.87 bits per heavy atom. The first-order chi connectivity index (χ1) is 10.8. The van der Waals surface area contributed by atoms with Gasteiger partial charge >= 0.3 is 12.1 Å². The van der Waals surface area contributed by atoms with Crippen molar-refractivity contribution in [2.75, 3.05) is 0 Å². The molecule has 0 amide bonds. The lowest BCUT2D eigenvalue weighted by Crippen LogP contribution is -2.38. The fourth-order valence-corrected chi connectivity index (χ4v) is 4.08. The van der Waals surface area contributed by atoms with Crippen molar-refractivity contribution in [3.63, 3.8) is 0 Å². The van der Waals surface area contributed by atoms with Gasteiger partial charge in [-0.15, -0.1) is 6.58 Å². The highest BCUT2D eigenvalue weighted by atomic mass is 19.4. The normalized spacial score (nSPS) is 33.8. The third-order valence-corrected chi connectivity index (χ3v) is 5.69. The van der Waals surface area contributed by atoms with Crippen LogP contribution in [0.2, 0.25) is 0 Å². The van der Waals surface area contributed by atoms with Crippen molar-refractivity contribution in [1.29, 1.82) is 0 Å². The molecule has 3 unspecified atom stereocenters. The van der Waals surface area contributed by atoms with Gasteiger partial charge in [-0.2, -0.15) is 13.2 Å². The molecular weight excluding hydrogens is 305 g/mol. The number of hydrogen-bond donors (Lipinski definition) is 0. The highest BCUT2D eigenvalue weighted by Crippen LogP contribution is 2.44. The van der Waals surface area contributed by atoms with Crippen molar-refractivity contribution in [3.8, 4) is 0 Å². The first kappa shape index (κ1) is 18.3. The van der Waals surface area contributed by atoms with Crippen molar-refractivity contribution in [2.45, 2.75) is 70.6 Å². The molecule has 1 aliphatic carbocycles. The number of carbonyl (C=O) groups is 1. The molecule has 0 aromatic carbocycles. The van der Waals surface area contributed by atoms with Crippen LogP contribution in [0.15, 0.2) is 12.7 Å². The molecule has 132 valence electrons. The van der Waals surface area contributed by atoms with Gasteiger partial charge in [0.1, 0.15) is 6.10 Å². The largest absolute Gasteiger partial charge is 0.462 e. The number of esters is 1. The molecule has 0 aromatic heterocycles. The molecule has 2 nitrogen and oxygen atoms in total. The second-order valence-electron chi connectivity index (χ2n) is 7.12. The van der Waals surface area contributed by atoms with Crippen LogP contribution in [-0.2, 0) is 9.53 Å². The molecule has 0 aromatic rings. The van der Waals surface area contributed by atoms with Crippen LogP contribution >= 0.6 is 0 Å². The average Bonchev–Trinajstić information content (AvgIpc) is 2.51. The molecule has 1 heterocycles. The van der Waals surface area contributed by atoms with E-state index in [4.69, 9.17) is 4.74 Å². The van der Waals surface area contributed by atoms with Crippen molar-refractivity contribution in [2.24, 2.45) is 23.7 Å². The molecule has 2 rings (SSSR count). The smallest absolute Gasteiger partial charge is 0.391 e. The first-order valence-electron chi connectivity index (χ1n) is 8.71. The maximum Gasteiger partial charge on any atom is 0.391 e. The fraction of sp³-hybridized carbons (Fsp3) is 0.833. The highest BCUT2D eigenvalue weighted by molar-refractivity contribution is 5.73. The predicted molar refractivity (Wildman–Crippen MR) is 82.7 cm³/mol. The summed E-state index contributed by atoms with van der Waals surface area (Å²) in [5.74, 6) is -1.15. The number of alkyl halides is 3. The molecule has 1 saturated heterocycles. The number of ether oxygens (including phenoxy) is 1. The van der Waals surface area contributed by atoms with E-state index in [1.807, 2.05) is 13.0 Å². The van der Waals surface area contributed by atoms with Gasteiger partial charge in [0.25, 0.3) is 0 Å². The number of rotatable bonds is 5. The Hall–Kier alpha value is -1.00. The molecule has 2 fully saturated rings. The minimum absolute atomic E-state index is 0.0232. The monoisotopic (exact) mass is 332 g/mol. The van der Waals surface area contributed by atoms with Crippen LogP contribution in [0, 0.1) is 23.7 Å². The summed E-state index contributed by atoms with van der Waals surface area (Å²) in [7, 11) is 0. The van der Waals surface area contributed by atoms with Crippen LogP contribution in [-0.4, -0.2) is 18.2 Å². The summed E-state index contributed by atoms with van der Waals surface area (Å²) < 4.78 is 43.8. The van der Waals surface area contributed by atoms with Crippen LogP contribution in [0.25, 0.3) is 0 Å². The zero-order valence-electron chi connectivity index (χ0n) is 13.8. The van der Waals surface area contributed by atoms with E-state index in [9.17, 15) is 18.0 Å². The molecule has 23 heavy (non-hydrogen) atoms. The van der Waals surface area contributed by atoms with E-state index in [0.29, 0.717) is 12.8 Å². The molecule has 0 bridgehead atoms. The molecule has 1 aliphatic heterocycles. The number of cyclic esters (lactones) is 1. The standard InChI is InChI=1S/C18H27F3O2/c1-3-4-5-15-10-11-16(17(22)23-15)12(2)13-6-8-14(9-7-13)18(19,20)21/h3,12-16H,1,4-11H2,2H3. The molecule has 0 radical (unpaired) electrons. The van der Waals surface area contributed by atoms with Crippen LogP contribution in [0.4, 0.5) is 13.2 Å². The van der Waals surface area contributed by atoms with Gasteiger partial charge < -0.3 is 4.74 Å². The minimum atomic E-state index is -4.07. The maximum absolute atomic E-state index is 12.7. The van der Waals surface area contributed by atoms with Gasteiger partial charge in [0.15, 0.2) is 0 Å². The summed E-state index contributed by atoms with van der Waals surface area (Å²) in [5, 5.41) is 0. The Bertz CT molecular complexity index is 411. The lowest BCUT2D eigenvalue weighted by molar-refractivity contribution is -0.186. The molecule has 0 spiro atoms. The molecule has 1 saturated carbocycles. The minimum Gasteiger partial charge on any atom is -0.462 e. The highest BCUT2D eigenvalue weighted by Gasteiger charge is 2.44. The quantitative estimate of drug-likeness (QED) is 0.506. The van der Waals surface area contributed by atoms with E-state index < -0.39 is 12.1 Å². The van der Waals surface area contributed by atoms with Crippen molar-refractivity contribution >= 4 is 5.97 Å². The maximum atomic E-state index is 12.7. The topological polar surface area (TPSA) is 26.3 Å². The zero-order chi connectivity index (χ0) is 17.0. The Morgan fingerprint density at radius 3 is 2.39 bits per heavy atom. The van der Waals surface area contributed by atoms with Gasteiger partial charge in [-0.05, 0) is 63.2 Å². The zero-order valence-corrected chi connectivity index (χ0v) is 13.8. The lowest BCUT2D eigenvalue weighted by atomic mass is 9.70. The third kappa shape index (κ3) is 4.74. The van der Waals surface area contributed by atoms with Gasteiger partial charge in [-0.1, -0.05) is 13.0 Å². The molecule has 3 atom stereocenters. The molecule has 2 aliphatic rings. The first-order valence-corrected chi connectivity index (χ1v) is 8.71. The van der Waals surface area contributed by atoms with E-state index in [2.05, 4.69) is 6.58 Å². The van der Waals surface area contributed by atoms with Crippen LogP contribution in [0.5, 0.6) is 0 Å². The van der Waals surface area contributed by atoms with Crippen molar-refractivity contribution < 1.29 is 22.7 Å². The third-order valence-electron chi connectivity index (χ3n) is 5.69. The van der Waals surface area contributed by atoms with Gasteiger partial charge in [0.05, 0.1) is 11.8 Å². The Labute approximate surface area is 136 Å². The van der Waals surface area contributed by atoms with Crippen LogP contribution < -0.4 is 0 Å². The van der Waals surface area contributed by atoms with E-state index in [-0.39, 0.29) is 42.7 Å². The van der Waals surface area contributed by atoms with Crippen molar-refractivity contribution in [3.05, 3.63) is 12.7 Å². The summed E-state index contributed by atoms with van der Waals surface area (Å²) in [5.41, 5.74) is 0. The van der Waals surface area contributed by atoms with E-state index in [0.717, 1.165) is 25.7 Å². The molecule has 0 N–H and O–H groups in total. The van der Waals surface area contributed by atoms with E-state index in [1.165, 1.54) is 0 Å². The predicted octanol–water partition coefficient (Wildman–Crippen LogP) is 5.28. The second kappa shape index (κ2) is 7.71. The number of hydrogen-bond acceptors (Lipinski definition) is 2. The van der Waals surface area contributed by atoms with Gasteiger partial charge in [-0.25, -0.2) is 0 Å². The van der Waals surface area contributed by atoms with Crippen LogP contribution in [0.1, 0.15) is 58.3 Å². The molecular formula is C18H27F3O2. The second-order valence-corrected chi connectivity index (χ2v) is 7.12. The van der Waals surface area contributed by atoms with Crippen LogP contribution in [0.3, 0.4) is 0 Å². The van der Waals surface area contributed by atoms with Gasteiger partial charge in [-0.3, -0.25) is 4.79 Å². The molecule has 5 heteroatoms. The fourth-order valence-electron chi connectivity index (χ4n) is 4.08. The average molecular weight is 332 g/mol. The summed E-state index contributed by atoms with van der Waals surface area (Å²) >= 11 is 0. The lowest BCUT2D eigenvalue weighted by Gasteiger charge is -2.38. The summed E-state index contributed by atoms with van der Waals surface area (Å²) in [6.45, 7) is 5.68.